The number of hydrogen-bond donors (Lipinski definition) is 1. The van der Waals surface area contributed by atoms with Crippen molar-refractivity contribution in [2.24, 2.45) is 0 Å². The van der Waals surface area contributed by atoms with Gasteiger partial charge >= 0.3 is 0 Å². The Morgan fingerprint density at radius 2 is 1.91 bits per heavy atom. The number of rotatable bonds is 8. The van der Waals surface area contributed by atoms with Crippen molar-refractivity contribution in [3.8, 4) is 11.5 Å². The van der Waals surface area contributed by atoms with Gasteiger partial charge in [0.15, 0.2) is 11.5 Å². The molecule has 8 heteroatoms. The maximum absolute atomic E-state index is 13.1. The van der Waals surface area contributed by atoms with Crippen molar-refractivity contribution in [2.75, 3.05) is 39.4 Å². The van der Waals surface area contributed by atoms with Crippen molar-refractivity contribution in [1.82, 2.24) is 14.8 Å². The Kier molecular flexibility index (Phi) is 6.93. The highest BCUT2D eigenvalue weighted by Crippen LogP contribution is 2.40. The molecule has 8 nitrogen and oxygen atoms in total. The van der Waals surface area contributed by atoms with Crippen LogP contribution in [0.5, 0.6) is 11.5 Å². The van der Waals surface area contributed by atoms with E-state index in [4.69, 9.17) is 9.47 Å². The summed E-state index contributed by atoms with van der Waals surface area (Å²) in [5.74, 6) is -0.456. The third-order valence-electron chi connectivity index (χ3n) is 6.12. The van der Waals surface area contributed by atoms with E-state index in [1.54, 1.807) is 41.6 Å². The molecule has 4 rings (SSSR count). The van der Waals surface area contributed by atoms with Crippen LogP contribution in [0, 0.1) is 0 Å². The van der Waals surface area contributed by atoms with E-state index in [0.29, 0.717) is 42.4 Å². The molecule has 3 heterocycles. The van der Waals surface area contributed by atoms with E-state index in [9.17, 15) is 14.7 Å². The van der Waals surface area contributed by atoms with Gasteiger partial charge in [0, 0.05) is 24.5 Å². The fraction of sp³-hybridized carbons (Fsp3) is 0.400. The van der Waals surface area contributed by atoms with Crippen LogP contribution in [0.1, 0.15) is 37.4 Å². The molecule has 2 aliphatic heterocycles. The minimum Gasteiger partial charge on any atom is -0.507 e. The topological polar surface area (TPSA) is 92.2 Å². The predicted octanol–water partition coefficient (Wildman–Crippen LogP) is 3.01. The maximum Gasteiger partial charge on any atom is 0.295 e. The van der Waals surface area contributed by atoms with Crippen LogP contribution >= 0.6 is 0 Å². The number of ketones is 1. The number of pyridine rings is 1. The summed E-state index contributed by atoms with van der Waals surface area (Å²) in [6.45, 7) is 8.12. The second-order valence-electron chi connectivity index (χ2n) is 8.02. The van der Waals surface area contributed by atoms with Gasteiger partial charge in [-0.25, -0.2) is 0 Å². The molecule has 174 valence electrons. The molecule has 1 aromatic carbocycles. The van der Waals surface area contributed by atoms with Crippen molar-refractivity contribution < 1.29 is 24.2 Å². The molecule has 2 aliphatic rings. The summed E-state index contributed by atoms with van der Waals surface area (Å²) in [5.41, 5.74) is 1.14. The van der Waals surface area contributed by atoms with Crippen LogP contribution in [0.2, 0.25) is 0 Å². The summed E-state index contributed by atoms with van der Waals surface area (Å²) < 4.78 is 11.2. The van der Waals surface area contributed by atoms with Crippen molar-refractivity contribution >= 4 is 17.4 Å². The Labute approximate surface area is 193 Å². The Bertz CT molecular complexity index is 1050. The molecule has 0 aliphatic carbocycles. The standard InChI is InChI=1S/C25H29N3O5/c1-3-27(4-2)11-6-12-28-22(18-7-5-10-26-16-18)21(24(30)25(28)31)23(29)17-8-9-19-20(15-17)33-14-13-32-19/h5,7-10,15-16,22,29H,3-4,6,11-14H2,1-2H3/b23-21-. The van der Waals surface area contributed by atoms with Gasteiger partial charge in [-0.05, 0) is 55.9 Å². The molecule has 0 spiro atoms. The first-order valence-electron chi connectivity index (χ1n) is 11.4. The summed E-state index contributed by atoms with van der Waals surface area (Å²) in [7, 11) is 0. The summed E-state index contributed by atoms with van der Waals surface area (Å²) in [6.07, 6.45) is 3.98. The lowest BCUT2D eigenvalue weighted by atomic mass is 9.96. The quantitative estimate of drug-likeness (QED) is 0.375. The van der Waals surface area contributed by atoms with Crippen molar-refractivity contribution in [1.29, 1.82) is 0 Å². The number of Topliss-reactive ketones (excluding diaryl/α,β-unsaturated/α-hetero) is 1. The number of likely N-dealkylation sites (tertiary alicyclic amines) is 1. The van der Waals surface area contributed by atoms with Gasteiger partial charge in [0.05, 0.1) is 11.6 Å². The van der Waals surface area contributed by atoms with Gasteiger partial charge < -0.3 is 24.4 Å². The van der Waals surface area contributed by atoms with Gasteiger partial charge in [-0.1, -0.05) is 19.9 Å². The number of nitrogens with zero attached hydrogens (tertiary/aromatic N) is 3. The number of aromatic nitrogens is 1. The summed E-state index contributed by atoms with van der Waals surface area (Å²) in [5, 5.41) is 11.2. The molecule has 0 saturated carbocycles. The van der Waals surface area contributed by atoms with Gasteiger partial charge in [0.25, 0.3) is 11.7 Å². The highest BCUT2D eigenvalue weighted by Gasteiger charge is 2.46. The van der Waals surface area contributed by atoms with E-state index in [1.165, 1.54) is 0 Å². The first kappa shape index (κ1) is 22.8. The van der Waals surface area contributed by atoms with Crippen LogP contribution in [-0.2, 0) is 9.59 Å². The van der Waals surface area contributed by atoms with Crippen molar-refractivity contribution in [3.05, 3.63) is 59.4 Å². The lowest BCUT2D eigenvalue weighted by molar-refractivity contribution is -0.140. The molecule has 1 aromatic heterocycles. The van der Waals surface area contributed by atoms with Crippen LogP contribution < -0.4 is 9.47 Å². The number of amides is 1. The highest BCUT2D eigenvalue weighted by molar-refractivity contribution is 6.46. The normalized spacial score (nSPS) is 19.4. The number of aliphatic hydroxyl groups is 1. The molecular formula is C25H29N3O5. The Hall–Kier alpha value is -3.39. The molecular weight excluding hydrogens is 422 g/mol. The van der Waals surface area contributed by atoms with Gasteiger partial charge in [-0.15, -0.1) is 0 Å². The van der Waals surface area contributed by atoms with Crippen LogP contribution in [0.15, 0.2) is 48.3 Å². The van der Waals surface area contributed by atoms with E-state index in [0.717, 1.165) is 26.1 Å². The summed E-state index contributed by atoms with van der Waals surface area (Å²) >= 11 is 0. The molecule has 1 amide bonds. The zero-order chi connectivity index (χ0) is 23.4. The smallest absolute Gasteiger partial charge is 0.295 e. The average Bonchev–Trinajstić information content (AvgIpc) is 3.11. The molecule has 0 radical (unpaired) electrons. The fourth-order valence-electron chi connectivity index (χ4n) is 4.35. The number of hydrogen-bond acceptors (Lipinski definition) is 7. The lowest BCUT2D eigenvalue weighted by Gasteiger charge is -2.26. The van der Waals surface area contributed by atoms with Gasteiger partial charge in [0.2, 0.25) is 0 Å². The SMILES string of the molecule is CCN(CC)CCCN1C(=O)C(=O)/C(=C(\O)c2ccc3c(c2)OCCO3)C1c1cccnc1. The average molecular weight is 452 g/mol. The number of carbonyl (C=O) groups excluding carboxylic acids is 2. The van der Waals surface area contributed by atoms with E-state index >= 15 is 0 Å². The third-order valence-corrected chi connectivity index (χ3v) is 6.12. The highest BCUT2D eigenvalue weighted by atomic mass is 16.6. The Balaban J connectivity index is 1.71. The zero-order valence-electron chi connectivity index (χ0n) is 19.0. The van der Waals surface area contributed by atoms with E-state index in [2.05, 4.69) is 23.7 Å². The number of fused-ring (bicyclic) bond motifs is 1. The summed E-state index contributed by atoms with van der Waals surface area (Å²) in [4.78, 5) is 34.1. The lowest BCUT2D eigenvalue weighted by Crippen LogP contribution is -2.33. The van der Waals surface area contributed by atoms with Crippen LogP contribution in [0.25, 0.3) is 5.76 Å². The molecule has 0 bridgehead atoms. The molecule has 1 unspecified atom stereocenters. The molecule has 2 aromatic rings. The maximum atomic E-state index is 13.1. The van der Waals surface area contributed by atoms with E-state index < -0.39 is 17.7 Å². The molecule has 1 atom stereocenters. The van der Waals surface area contributed by atoms with Crippen molar-refractivity contribution in [3.63, 3.8) is 0 Å². The predicted molar refractivity (Wildman–Crippen MR) is 123 cm³/mol. The second kappa shape index (κ2) is 10.0. The zero-order valence-corrected chi connectivity index (χ0v) is 19.0. The van der Waals surface area contributed by atoms with Gasteiger partial charge in [0.1, 0.15) is 19.0 Å². The van der Waals surface area contributed by atoms with Crippen molar-refractivity contribution in [2.45, 2.75) is 26.3 Å². The first-order chi connectivity index (χ1) is 16.0. The van der Waals surface area contributed by atoms with Crippen LogP contribution in [0.4, 0.5) is 0 Å². The minimum atomic E-state index is -0.705. The number of carbonyl (C=O) groups is 2. The number of aliphatic hydroxyl groups excluding tert-OH is 1. The molecule has 33 heavy (non-hydrogen) atoms. The van der Waals surface area contributed by atoms with E-state index in [-0.39, 0.29) is 11.3 Å². The second-order valence-corrected chi connectivity index (χ2v) is 8.02. The fourth-order valence-corrected chi connectivity index (χ4v) is 4.35. The third kappa shape index (κ3) is 4.57. The largest absolute Gasteiger partial charge is 0.507 e. The number of ether oxygens (including phenoxy) is 2. The number of benzene rings is 1. The molecule has 1 saturated heterocycles. The minimum absolute atomic E-state index is 0.0625. The van der Waals surface area contributed by atoms with Gasteiger partial charge in [-0.2, -0.15) is 0 Å². The van der Waals surface area contributed by atoms with Crippen LogP contribution in [-0.4, -0.2) is 71.0 Å². The first-order valence-corrected chi connectivity index (χ1v) is 11.4. The Morgan fingerprint density at radius 1 is 1.15 bits per heavy atom. The van der Waals surface area contributed by atoms with Crippen LogP contribution in [0.3, 0.4) is 0 Å². The molecule has 1 N–H and O–H groups in total. The van der Waals surface area contributed by atoms with Gasteiger partial charge in [-0.3, -0.25) is 14.6 Å². The Morgan fingerprint density at radius 3 is 2.61 bits per heavy atom. The monoisotopic (exact) mass is 451 g/mol. The van der Waals surface area contributed by atoms with E-state index in [1.807, 2.05) is 6.07 Å². The summed E-state index contributed by atoms with van der Waals surface area (Å²) in [6, 6.07) is 7.87. The molecule has 1 fully saturated rings.